The van der Waals surface area contributed by atoms with E-state index in [0.29, 0.717) is 0 Å². The maximum absolute atomic E-state index is 12.2. The lowest BCUT2D eigenvalue weighted by atomic mass is 9.97. The molecule has 3 N–H and O–H groups in total. The number of rotatable bonds is 4. The zero-order chi connectivity index (χ0) is 13.9. The molecule has 1 fully saturated rings. The second-order valence-corrected chi connectivity index (χ2v) is 6.39. The molecule has 1 aromatic rings. The van der Waals surface area contributed by atoms with Crippen LogP contribution in [0.1, 0.15) is 38.2 Å². The molecule has 1 aliphatic carbocycles. The SMILES string of the molecule is CC(Cc1ccccc1Br)NC(=O)C1(N)CCCC1.Cl. The molecule has 1 saturated carbocycles. The molecule has 0 spiro atoms. The van der Waals surface area contributed by atoms with E-state index >= 15 is 0 Å². The molecule has 1 aliphatic rings. The van der Waals surface area contributed by atoms with Crippen molar-refractivity contribution < 1.29 is 4.79 Å². The van der Waals surface area contributed by atoms with Gasteiger partial charge >= 0.3 is 0 Å². The van der Waals surface area contributed by atoms with Crippen molar-refractivity contribution in [1.82, 2.24) is 5.32 Å². The molecule has 0 aromatic heterocycles. The minimum atomic E-state index is -0.637. The molecule has 1 amide bonds. The molecule has 3 nitrogen and oxygen atoms in total. The lowest BCUT2D eigenvalue weighted by molar-refractivity contribution is -0.126. The first kappa shape index (κ1) is 17.5. The Balaban J connectivity index is 0.00000200. The fourth-order valence-corrected chi connectivity index (χ4v) is 3.09. The number of nitrogens with one attached hydrogen (secondary N) is 1. The molecule has 1 unspecified atom stereocenters. The minimum Gasteiger partial charge on any atom is -0.352 e. The largest absolute Gasteiger partial charge is 0.352 e. The molecule has 0 saturated heterocycles. The summed E-state index contributed by atoms with van der Waals surface area (Å²) in [6, 6.07) is 8.18. The van der Waals surface area contributed by atoms with Crippen LogP contribution in [0.15, 0.2) is 28.7 Å². The van der Waals surface area contributed by atoms with Crippen LogP contribution < -0.4 is 11.1 Å². The lowest BCUT2D eigenvalue weighted by Crippen LogP contribution is -2.54. The molecule has 0 bridgehead atoms. The summed E-state index contributed by atoms with van der Waals surface area (Å²) in [5, 5.41) is 3.05. The topological polar surface area (TPSA) is 55.1 Å². The Labute approximate surface area is 135 Å². The lowest BCUT2D eigenvalue weighted by Gasteiger charge is -2.25. The van der Waals surface area contributed by atoms with Gasteiger partial charge in [-0.2, -0.15) is 0 Å². The van der Waals surface area contributed by atoms with Crippen molar-refractivity contribution in [2.75, 3.05) is 0 Å². The standard InChI is InChI=1S/C15H21BrN2O.ClH/c1-11(10-12-6-2-3-7-13(12)16)18-14(19)15(17)8-4-5-9-15;/h2-3,6-7,11H,4-5,8-10,17H2,1H3,(H,18,19);1H. The van der Waals surface area contributed by atoms with Crippen molar-refractivity contribution >= 4 is 34.2 Å². The highest BCUT2D eigenvalue weighted by atomic mass is 79.9. The molecule has 20 heavy (non-hydrogen) atoms. The molecule has 5 heteroatoms. The summed E-state index contributed by atoms with van der Waals surface area (Å²) in [5.74, 6) is 0.00422. The van der Waals surface area contributed by atoms with E-state index in [1.807, 2.05) is 25.1 Å². The number of nitrogens with two attached hydrogens (primary N) is 1. The van der Waals surface area contributed by atoms with Gasteiger partial charge in [-0.25, -0.2) is 0 Å². The molecule has 1 atom stereocenters. The maximum atomic E-state index is 12.2. The summed E-state index contributed by atoms with van der Waals surface area (Å²) in [5.41, 5.74) is 6.72. The van der Waals surface area contributed by atoms with E-state index in [-0.39, 0.29) is 24.4 Å². The van der Waals surface area contributed by atoms with Crippen molar-refractivity contribution in [2.24, 2.45) is 5.73 Å². The number of amides is 1. The van der Waals surface area contributed by atoms with Crippen LogP contribution in [0.5, 0.6) is 0 Å². The van der Waals surface area contributed by atoms with Crippen LogP contribution in [0.25, 0.3) is 0 Å². The van der Waals surface area contributed by atoms with Gasteiger partial charge in [0.2, 0.25) is 5.91 Å². The fraction of sp³-hybridized carbons (Fsp3) is 0.533. The first-order valence-corrected chi connectivity index (χ1v) is 7.64. The number of carbonyl (C=O) groups excluding carboxylic acids is 1. The number of halogens is 2. The Morgan fingerprint density at radius 2 is 2.00 bits per heavy atom. The quantitative estimate of drug-likeness (QED) is 0.865. The number of hydrogen-bond donors (Lipinski definition) is 2. The van der Waals surface area contributed by atoms with Gasteiger partial charge in [-0.3, -0.25) is 4.79 Å². The predicted molar refractivity (Wildman–Crippen MR) is 88.1 cm³/mol. The van der Waals surface area contributed by atoms with Gasteiger partial charge < -0.3 is 11.1 Å². The highest BCUT2D eigenvalue weighted by Crippen LogP contribution is 2.27. The van der Waals surface area contributed by atoms with Crippen LogP contribution in [0.4, 0.5) is 0 Å². The Bertz CT molecular complexity index is 461. The zero-order valence-corrected chi connectivity index (χ0v) is 14.1. The smallest absolute Gasteiger partial charge is 0.240 e. The van der Waals surface area contributed by atoms with E-state index in [1.165, 1.54) is 5.56 Å². The van der Waals surface area contributed by atoms with E-state index in [2.05, 4.69) is 27.3 Å². The number of carbonyl (C=O) groups is 1. The highest BCUT2D eigenvalue weighted by molar-refractivity contribution is 9.10. The van der Waals surface area contributed by atoms with Crippen LogP contribution >= 0.6 is 28.3 Å². The molecule has 0 heterocycles. The Morgan fingerprint density at radius 3 is 2.60 bits per heavy atom. The van der Waals surface area contributed by atoms with Crippen LogP contribution in [0.2, 0.25) is 0 Å². The average Bonchev–Trinajstić information content (AvgIpc) is 2.80. The summed E-state index contributed by atoms with van der Waals surface area (Å²) in [6.45, 7) is 2.02. The van der Waals surface area contributed by atoms with E-state index in [1.54, 1.807) is 0 Å². The molecular weight excluding hydrogens is 340 g/mol. The first-order chi connectivity index (χ1) is 9.01. The van der Waals surface area contributed by atoms with E-state index in [4.69, 9.17) is 5.73 Å². The third-order valence-corrected chi connectivity index (χ3v) is 4.58. The molecule has 0 aliphatic heterocycles. The van der Waals surface area contributed by atoms with Gasteiger partial charge in [0.25, 0.3) is 0 Å². The number of hydrogen-bond acceptors (Lipinski definition) is 2. The molecule has 112 valence electrons. The third-order valence-electron chi connectivity index (χ3n) is 3.81. The molecule has 0 radical (unpaired) electrons. The minimum absolute atomic E-state index is 0. The van der Waals surface area contributed by atoms with Crippen LogP contribution in [-0.4, -0.2) is 17.5 Å². The number of benzene rings is 1. The molecule has 2 rings (SSSR count). The van der Waals surface area contributed by atoms with Crippen molar-refractivity contribution in [3.63, 3.8) is 0 Å². The van der Waals surface area contributed by atoms with Crippen LogP contribution in [-0.2, 0) is 11.2 Å². The van der Waals surface area contributed by atoms with Gasteiger partial charge in [-0.1, -0.05) is 47.0 Å². The van der Waals surface area contributed by atoms with Crippen molar-refractivity contribution in [1.29, 1.82) is 0 Å². The van der Waals surface area contributed by atoms with Crippen molar-refractivity contribution in [3.8, 4) is 0 Å². The summed E-state index contributed by atoms with van der Waals surface area (Å²) in [4.78, 5) is 12.2. The molecular formula is C15H22BrClN2O. The van der Waals surface area contributed by atoms with Gasteiger partial charge in [-0.15, -0.1) is 12.4 Å². The Hall–Kier alpha value is -0.580. The highest BCUT2D eigenvalue weighted by Gasteiger charge is 2.37. The second kappa shape index (κ2) is 7.43. The first-order valence-electron chi connectivity index (χ1n) is 6.84. The summed E-state index contributed by atoms with van der Waals surface area (Å²) < 4.78 is 1.08. The summed E-state index contributed by atoms with van der Waals surface area (Å²) in [6.07, 6.45) is 4.54. The summed E-state index contributed by atoms with van der Waals surface area (Å²) in [7, 11) is 0. The van der Waals surface area contributed by atoms with Gasteiger partial charge in [0.15, 0.2) is 0 Å². The average molecular weight is 362 g/mol. The maximum Gasteiger partial charge on any atom is 0.240 e. The Morgan fingerprint density at radius 1 is 1.40 bits per heavy atom. The third kappa shape index (κ3) is 4.21. The van der Waals surface area contributed by atoms with Gasteiger partial charge in [0.1, 0.15) is 0 Å². The van der Waals surface area contributed by atoms with Gasteiger partial charge in [-0.05, 0) is 37.8 Å². The van der Waals surface area contributed by atoms with Crippen LogP contribution in [0, 0.1) is 0 Å². The zero-order valence-electron chi connectivity index (χ0n) is 11.7. The molecule has 1 aromatic carbocycles. The van der Waals surface area contributed by atoms with E-state index in [0.717, 1.165) is 36.6 Å². The van der Waals surface area contributed by atoms with Gasteiger partial charge in [0, 0.05) is 10.5 Å². The second-order valence-electron chi connectivity index (χ2n) is 5.53. The monoisotopic (exact) mass is 360 g/mol. The van der Waals surface area contributed by atoms with E-state index < -0.39 is 5.54 Å². The van der Waals surface area contributed by atoms with Crippen molar-refractivity contribution in [2.45, 2.75) is 50.6 Å². The normalized spacial score (nSPS) is 18.1. The van der Waals surface area contributed by atoms with E-state index in [9.17, 15) is 4.79 Å². The van der Waals surface area contributed by atoms with Crippen LogP contribution in [0.3, 0.4) is 0 Å². The van der Waals surface area contributed by atoms with Gasteiger partial charge in [0.05, 0.1) is 5.54 Å². The Kier molecular flexibility index (Phi) is 6.49. The predicted octanol–water partition coefficient (Wildman–Crippen LogP) is 3.19. The van der Waals surface area contributed by atoms with Crippen molar-refractivity contribution in [3.05, 3.63) is 34.3 Å². The summed E-state index contributed by atoms with van der Waals surface area (Å²) >= 11 is 3.53. The fourth-order valence-electron chi connectivity index (χ4n) is 2.65.